The number of fused-ring (bicyclic) bond motifs is 1. The molecule has 29 heavy (non-hydrogen) atoms. The van der Waals surface area contributed by atoms with Crippen molar-refractivity contribution in [1.29, 1.82) is 0 Å². The highest BCUT2D eigenvalue weighted by Gasteiger charge is 2.32. The molecule has 0 bridgehead atoms. The van der Waals surface area contributed by atoms with Crippen molar-refractivity contribution in [3.05, 3.63) is 59.9 Å². The minimum atomic E-state index is -0.364. The van der Waals surface area contributed by atoms with Crippen molar-refractivity contribution >= 4 is 11.7 Å². The van der Waals surface area contributed by atoms with Gasteiger partial charge in [0.15, 0.2) is 0 Å². The predicted octanol–water partition coefficient (Wildman–Crippen LogP) is 3.82. The number of amides is 2. The monoisotopic (exact) mass is 397 g/mol. The van der Waals surface area contributed by atoms with Crippen molar-refractivity contribution in [2.75, 3.05) is 31.1 Å². The maximum absolute atomic E-state index is 13.0. The Bertz CT molecular complexity index is 834. The van der Waals surface area contributed by atoms with Crippen molar-refractivity contribution < 1.29 is 13.9 Å². The van der Waals surface area contributed by atoms with Crippen LogP contribution in [0.4, 0.5) is 14.9 Å². The van der Waals surface area contributed by atoms with E-state index in [0.29, 0.717) is 12.5 Å². The lowest BCUT2D eigenvalue weighted by Gasteiger charge is -2.33. The van der Waals surface area contributed by atoms with Crippen molar-refractivity contribution in [3.63, 3.8) is 0 Å². The molecule has 0 saturated carbocycles. The van der Waals surface area contributed by atoms with Crippen LogP contribution in [-0.4, -0.2) is 43.2 Å². The Balaban J connectivity index is 1.22. The van der Waals surface area contributed by atoms with Crippen LogP contribution in [0.2, 0.25) is 0 Å². The SMILES string of the molecule is NC(=O)N1c2ccccc2CC1CCN1CCC(COc2ccc(F)cc2)CC1. The van der Waals surface area contributed by atoms with Gasteiger partial charge < -0.3 is 15.4 Å². The summed E-state index contributed by atoms with van der Waals surface area (Å²) in [5, 5.41) is 0. The van der Waals surface area contributed by atoms with Crippen LogP contribution in [0.15, 0.2) is 48.5 Å². The highest BCUT2D eigenvalue weighted by Crippen LogP contribution is 2.33. The highest BCUT2D eigenvalue weighted by molar-refractivity contribution is 5.93. The zero-order valence-electron chi connectivity index (χ0n) is 16.6. The van der Waals surface area contributed by atoms with Crippen LogP contribution < -0.4 is 15.4 Å². The standard InChI is InChI=1S/C23H28FN3O2/c24-19-5-7-21(8-6-19)29-16-17-9-12-26(13-10-17)14-11-20-15-18-3-1-2-4-22(18)27(20)23(25)28/h1-8,17,20H,9-16H2,(H2,25,28). The molecular formula is C23H28FN3O2. The van der Waals surface area contributed by atoms with Gasteiger partial charge in [0.1, 0.15) is 11.6 Å². The number of para-hydroxylation sites is 1. The topological polar surface area (TPSA) is 58.8 Å². The first kappa shape index (κ1) is 19.7. The molecule has 2 N–H and O–H groups in total. The van der Waals surface area contributed by atoms with E-state index in [0.717, 1.165) is 56.8 Å². The van der Waals surface area contributed by atoms with Gasteiger partial charge in [-0.2, -0.15) is 0 Å². The maximum Gasteiger partial charge on any atom is 0.319 e. The summed E-state index contributed by atoms with van der Waals surface area (Å²) in [7, 11) is 0. The van der Waals surface area contributed by atoms with Crippen molar-refractivity contribution in [2.45, 2.75) is 31.7 Å². The fourth-order valence-electron chi connectivity index (χ4n) is 4.44. The summed E-state index contributed by atoms with van der Waals surface area (Å²) < 4.78 is 18.8. The summed E-state index contributed by atoms with van der Waals surface area (Å²) in [6, 6.07) is 14.0. The van der Waals surface area contributed by atoms with Crippen molar-refractivity contribution in [3.8, 4) is 5.75 Å². The normalized spacial score (nSPS) is 19.9. The number of urea groups is 1. The largest absolute Gasteiger partial charge is 0.493 e. The number of rotatable bonds is 6. The summed E-state index contributed by atoms with van der Waals surface area (Å²) in [4.78, 5) is 16.2. The first-order valence-electron chi connectivity index (χ1n) is 10.4. The Hall–Kier alpha value is -2.60. The van der Waals surface area contributed by atoms with E-state index in [4.69, 9.17) is 10.5 Å². The number of nitrogens with two attached hydrogens (primary N) is 1. The van der Waals surface area contributed by atoms with Crippen molar-refractivity contribution in [1.82, 2.24) is 4.90 Å². The number of anilines is 1. The van der Waals surface area contributed by atoms with Crippen LogP contribution in [0.25, 0.3) is 0 Å². The Morgan fingerprint density at radius 2 is 1.83 bits per heavy atom. The predicted molar refractivity (Wildman–Crippen MR) is 112 cm³/mol. The zero-order valence-corrected chi connectivity index (χ0v) is 16.6. The summed E-state index contributed by atoms with van der Waals surface area (Å²) in [5.74, 6) is 1.00. The van der Waals surface area contributed by atoms with E-state index >= 15 is 0 Å². The fourth-order valence-corrected chi connectivity index (χ4v) is 4.44. The molecule has 2 aliphatic heterocycles. The van der Waals surface area contributed by atoms with Gasteiger partial charge in [-0.1, -0.05) is 18.2 Å². The third-order valence-corrected chi connectivity index (χ3v) is 6.09. The van der Waals surface area contributed by atoms with E-state index in [2.05, 4.69) is 11.0 Å². The van der Waals surface area contributed by atoms with E-state index in [9.17, 15) is 9.18 Å². The van der Waals surface area contributed by atoms with Crippen LogP contribution in [0.5, 0.6) is 5.75 Å². The lowest BCUT2D eigenvalue weighted by atomic mass is 9.97. The summed E-state index contributed by atoms with van der Waals surface area (Å²) in [6.07, 6.45) is 3.98. The van der Waals surface area contributed by atoms with Crippen LogP contribution in [0.3, 0.4) is 0 Å². The molecule has 2 amide bonds. The number of halogens is 1. The third kappa shape index (κ3) is 4.70. The van der Waals surface area contributed by atoms with Crippen LogP contribution in [0, 0.1) is 11.7 Å². The molecule has 2 aromatic rings. The number of benzene rings is 2. The number of piperidine rings is 1. The van der Waals surface area contributed by atoms with Gasteiger partial charge in [0.05, 0.1) is 6.61 Å². The molecule has 5 nitrogen and oxygen atoms in total. The number of nitrogens with zero attached hydrogens (tertiary/aromatic N) is 2. The summed E-state index contributed by atoms with van der Waals surface area (Å²) >= 11 is 0. The number of carbonyl (C=O) groups excluding carboxylic acids is 1. The van der Waals surface area contributed by atoms with Gasteiger partial charge in [-0.15, -0.1) is 0 Å². The molecule has 2 aromatic carbocycles. The molecule has 0 radical (unpaired) electrons. The number of carbonyl (C=O) groups is 1. The second-order valence-corrected chi connectivity index (χ2v) is 8.03. The van der Waals surface area contributed by atoms with Gasteiger partial charge in [0, 0.05) is 18.3 Å². The van der Waals surface area contributed by atoms with Gasteiger partial charge in [-0.05, 0) is 80.6 Å². The Labute approximate surface area is 171 Å². The molecule has 6 heteroatoms. The second kappa shape index (κ2) is 8.82. The van der Waals surface area contributed by atoms with Crippen molar-refractivity contribution in [2.24, 2.45) is 11.7 Å². The van der Waals surface area contributed by atoms with Gasteiger partial charge in [0.2, 0.25) is 0 Å². The first-order valence-corrected chi connectivity index (χ1v) is 10.4. The Morgan fingerprint density at radius 1 is 1.10 bits per heavy atom. The van der Waals surface area contributed by atoms with E-state index in [1.54, 1.807) is 17.0 Å². The molecule has 0 spiro atoms. The van der Waals surface area contributed by atoms with Gasteiger partial charge in [0.25, 0.3) is 0 Å². The quantitative estimate of drug-likeness (QED) is 0.806. The van der Waals surface area contributed by atoms with Gasteiger partial charge in [-0.3, -0.25) is 4.90 Å². The van der Waals surface area contributed by atoms with E-state index in [1.165, 1.54) is 17.7 Å². The van der Waals surface area contributed by atoms with Crippen LogP contribution in [0.1, 0.15) is 24.8 Å². The van der Waals surface area contributed by atoms with E-state index in [1.807, 2.05) is 18.2 Å². The van der Waals surface area contributed by atoms with E-state index < -0.39 is 0 Å². The number of primary amides is 1. The molecule has 0 aromatic heterocycles. The lowest BCUT2D eigenvalue weighted by Crippen LogP contribution is -2.44. The summed E-state index contributed by atoms with van der Waals surface area (Å²) in [6.45, 7) is 3.71. The van der Waals surface area contributed by atoms with E-state index in [-0.39, 0.29) is 17.9 Å². The average molecular weight is 397 g/mol. The molecule has 4 rings (SSSR count). The molecule has 154 valence electrons. The lowest BCUT2D eigenvalue weighted by molar-refractivity contribution is 0.138. The molecule has 1 fully saturated rings. The Kier molecular flexibility index (Phi) is 6.00. The van der Waals surface area contributed by atoms with Gasteiger partial charge in [-0.25, -0.2) is 9.18 Å². The zero-order chi connectivity index (χ0) is 20.2. The molecule has 1 atom stereocenters. The van der Waals surface area contributed by atoms with Crippen LogP contribution >= 0.6 is 0 Å². The molecule has 2 aliphatic rings. The fraction of sp³-hybridized carbons (Fsp3) is 0.435. The van der Waals surface area contributed by atoms with Crippen LogP contribution in [-0.2, 0) is 6.42 Å². The number of hydrogen-bond acceptors (Lipinski definition) is 3. The Morgan fingerprint density at radius 3 is 2.55 bits per heavy atom. The summed E-state index contributed by atoms with van der Waals surface area (Å²) in [5.41, 5.74) is 7.82. The minimum Gasteiger partial charge on any atom is -0.493 e. The maximum atomic E-state index is 13.0. The smallest absolute Gasteiger partial charge is 0.319 e. The molecule has 1 saturated heterocycles. The highest BCUT2D eigenvalue weighted by atomic mass is 19.1. The third-order valence-electron chi connectivity index (χ3n) is 6.09. The number of hydrogen-bond donors (Lipinski definition) is 1. The minimum absolute atomic E-state index is 0.143. The molecule has 1 unspecified atom stereocenters. The first-order chi connectivity index (χ1) is 14.1. The van der Waals surface area contributed by atoms with Gasteiger partial charge >= 0.3 is 6.03 Å². The second-order valence-electron chi connectivity index (χ2n) is 8.03. The molecular weight excluding hydrogens is 369 g/mol. The number of ether oxygens (including phenoxy) is 1. The molecule has 2 heterocycles. The number of likely N-dealkylation sites (tertiary alicyclic amines) is 1. The molecule has 0 aliphatic carbocycles. The average Bonchev–Trinajstić information content (AvgIpc) is 3.11.